The molecule has 0 spiro atoms. The van der Waals surface area contributed by atoms with Gasteiger partial charge in [0.25, 0.3) is 5.91 Å². The van der Waals surface area contributed by atoms with Gasteiger partial charge in [-0.05, 0) is 76.7 Å². The van der Waals surface area contributed by atoms with Crippen molar-refractivity contribution in [3.05, 3.63) is 58.1 Å². The molecule has 0 fully saturated rings. The minimum atomic E-state index is -1.19. The number of halogens is 1. The quantitative estimate of drug-likeness (QED) is 0.159. The van der Waals surface area contributed by atoms with E-state index in [0.717, 1.165) is 37.7 Å². The smallest absolute Gasteiger partial charge is 0.408 e. The second kappa shape index (κ2) is 18.2. The van der Waals surface area contributed by atoms with Crippen molar-refractivity contribution in [2.45, 2.75) is 104 Å². The minimum Gasteiger partial charge on any atom is -0.507 e. The summed E-state index contributed by atoms with van der Waals surface area (Å²) in [6.45, 7) is 11.3. The monoisotopic (exact) mass is 647 g/mol. The van der Waals surface area contributed by atoms with Crippen LogP contribution >= 0.6 is 23.4 Å². The van der Waals surface area contributed by atoms with Gasteiger partial charge in [0, 0.05) is 12.1 Å². The molecule has 10 heteroatoms. The molecule has 0 heterocycles. The average Bonchev–Trinajstić information content (AvgIpc) is 2.95. The highest BCUT2D eigenvalue weighted by Gasteiger charge is 2.37. The van der Waals surface area contributed by atoms with Crippen LogP contribution in [0.1, 0.15) is 95.4 Å². The standard InChI is InChI=1S/C34H50ClN3O5S/c1-8-9-10-11-12-13-21-38(32(41)27(20-22-44-7)36-33(42)43-34(4,5)6)29(25-18-14-17-24(3)30(25)39)31(40)37-28-23(2)16-15-19-26(28)35/h14-19,27,29,39H,8-13,20-22H2,1-7H3,(H,36,42)(H,37,40). The minimum absolute atomic E-state index is 0.0648. The molecule has 2 aromatic rings. The van der Waals surface area contributed by atoms with Gasteiger partial charge in [0.1, 0.15) is 23.4 Å². The Morgan fingerprint density at radius 3 is 2.27 bits per heavy atom. The number of benzene rings is 2. The number of para-hydroxylation sites is 2. The first-order valence-corrected chi connectivity index (χ1v) is 17.2. The number of aromatic hydroxyl groups is 1. The number of hydrogen-bond donors (Lipinski definition) is 3. The second-order valence-electron chi connectivity index (χ2n) is 12.1. The molecular formula is C34H50ClN3O5S. The molecule has 0 radical (unpaired) electrons. The molecule has 3 amide bonds. The van der Waals surface area contributed by atoms with E-state index in [1.54, 1.807) is 69.8 Å². The van der Waals surface area contributed by atoms with Gasteiger partial charge in [-0.1, -0.05) is 81.0 Å². The summed E-state index contributed by atoms with van der Waals surface area (Å²) in [5.74, 6) is -0.398. The molecule has 2 rings (SSSR count). The van der Waals surface area contributed by atoms with Crippen molar-refractivity contribution in [1.82, 2.24) is 10.2 Å². The summed E-state index contributed by atoms with van der Waals surface area (Å²) in [4.78, 5) is 43.1. The number of phenols is 1. The fraction of sp³-hybridized carbons (Fsp3) is 0.559. The summed E-state index contributed by atoms with van der Waals surface area (Å²) in [5.41, 5.74) is 1.32. The lowest BCUT2D eigenvalue weighted by atomic mass is 9.98. The topological polar surface area (TPSA) is 108 Å². The molecule has 0 aliphatic heterocycles. The van der Waals surface area contributed by atoms with E-state index in [4.69, 9.17) is 16.3 Å². The van der Waals surface area contributed by atoms with Gasteiger partial charge < -0.3 is 25.4 Å². The molecule has 0 saturated heterocycles. The number of nitrogens with zero attached hydrogens (tertiary/aromatic N) is 1. The summed E-state index contributed by atoms with van der Waals surface area (Å²) >= 11 is 8.03. The second-order valence-corrected chi connectivity index (χ2v) is 13.5. The van der Waals surface area contributed by atoms with E-state index < -0.39 is 35.6 Å². The highest BCUT2D eigenvalue weighted by Crippen LogP contribution is 2.35. The zero-order valence-corrected chi connectivity index (χ0v) is 28.9. The van der Waals surface area contributed by atoms with E-state index >= 15 is 0 Å². The third-order valence-corrected chi connectivity index (χ3v) is 8.19. The van der Waals surface area contributed by atoms with Crippen molar-refractivity contribution in [3.8, 4) is 5.75 Å². The highest BCUT2D eigenvalue weighted by atomic mass is 35.5. The number of alkyl carbamates (subject to hydrolysis) is 1. The number of rotatable bonds is 16. The Morgan fingerprint density at radius 2 is 1.64 bits per heavy atom. The van der Waals surface area contributed by atoms with Crippen LogP contribution in [0.2, 0.25) is 5.02 Å². The van der Waals surface area contributed by atoms with Gasteiger partial charge in [-0.15, -0.1) is 0 Å². The number of aryl methyl sites for hydroxylation is 2. The van der Waals surface area contributed by atoms with Crippen LogP contribution in [-0.4, -0.2) is 58.1 Å². The first-order chi connectivity index (χ1) is 20.8. The van der Waals surface area contributed by atoms with Crippen LogP contribution in [-0.2, 0) is 14.3 Å². The zero-order valence-electron chi connectivity index (χ0n) is 27.3. The van der Waals surface area contributed by atoms with Crippen LogP contribution in [0.15, 0.2) is 36.4 Å². The van der Waals surface area contributed by atoms with Gasteiger partial charge in [0.15, 0.2) is 0 Å². The first kappa shape index (κ1) is 37.3. The molecule has 8 nitrogen and oxygen atoms in total. The van der Waals surface area contributed by atoms with Crippen molar-refractivity contribution in [2.75, 3.05) is 23.9 Å². The predicted molar refractivity (Wildman–Crippen MR) is 182 cm³/mol. The normalized spacial score (nSPS) is 12.7. The van der Waals surface area contributed by atoms with Crippen LogP contribution < -0.4 is 10.6 Å². The number of phenolic OH excluding ortho intramolecular Hbond substituents is 1. The maximum Gasteiger partial charge on any atom is 0.408 e. The third-order valence-electron chi connectivity index (χ3n) is 7.23. The van der Waals surface area contributed by atoms with Crippen molar-refractivity contribution in [3.63, 3.8) is 0 Å². The van der Waals surface area contributed by atoms with Gasteiger partial charge in [-0.25, -0.2) is 4.79 Å². The van der Waals surface area contributed by atoms with Crippen LogP contribution in [0.4, 0.5) is 10.5 Å². The lowest BCUT2D eigenvalue weighted by molar-refractivity contribution is -0.141. The van der Waals surface area contributed by atoms with E-state index in [-0.39, 0.29) is 12.3 Å². The van der Waals surface area contributed by atoms with E-state index in [9.17, 15) is 19.5 Å². The number of nitrogens with one attached hydrogen (secondary N) is 2. The summed E-state index contributed by atoms with van der Waals surface area (Å²) in [6.07, 6.45) is 7.44. The predicted octanol–water partition coefficient (Wildman–Crippen LogP) is 8.18. The van der Waals surface area contributed by atoms with Crippen molar-refractivity contribution < 1.29 is 24.2 Å². The molecule has 3 N–H and O–H groups in total. The largest absolute Gasteiger partial charge is 0.507 e. The van der Waals surface area contributed by atoms with E-state index in [0.29, 0.717) is 40.4 Å². The average molecular weight is 648 g/mol. The molecule has 2 atom stereocenters. The zero-order chi connectivity index (χ0) is 32.9. The van der Waals surface area contributed by atoms with Gasteiger partial charge in [-0.2, -0.15) is 11.8 Å². The molecule has 44 heavy (non-hydrogen) atoms. The van der Waals surface area contributed by atoms with E-state index in [1.807, 2.05) is 19.2 Å². The SMILES string of the molecule is CCCCCCCCN(C(=O)C(CCSC)NC(=O)OC(C)(C)C)C(C(=O)Nc1c(C)cccc1Cl)c1cccc(C)c1O. The Hall–Kier alpha value is -2.91. The van der Waals surface area contributed by atoms with Gasteiger partial charge in [0.05, 0.1) is 10.7 Å². The van der Waals surface area contributed by atoms with Gasteiger partial charge in [-0.3, -0.25) is 9.59 Å². The van der Waals surface area contributed by atoms with Gasteiger partial charge in [0.2, 0.25) is 5.91 Å². The number of carbonyl (C=O) groups excluding carboxylic acids is 3. The Labute approximate surface area is 272 Å². The van der Waals surface area contributed by atoms with Crippen molar-refractivity contribution >= 4 is 47.0 Å². The van der Waals surface area contributed by atoms with Gasteiger partial charge >= 0.3 is 6.09 Å². The van der Waals surface area contributed by atoms with Crippen LogP contribution in [0.5, 0.6) is 5.75 Å². The fourth-order valence-electron chi connectivity index (χ4n) is 4.91. The molecule has 0 aliphatic rings. The third kappa shape index (κ3) is 11.5. The van der Waals surface area contributed by atoms with Crippen LogP contribution in [0.25, 0.3) is 0 Å². The van der Waals surface area contributed by atoms with Crippen molar-refractivity contribution in [2.24, 2.45) is 0 Å². The molecule has 2 aromatic carbocycles. The highest BCUT2D eigenvalue weighted by molar-refractivity contribution is 7.98. The number of ether oxygens (including phenoxy) is 1. The maximum atomic E-state index is 14.5. The molecule has 0 aromatic heterocycles. The first-order valence-electron chi connectivity index (χ1n) is 15.4. The molecule has 0 saturated carbocycles. The number of thioether (sulfide) groups is 1. The lowest BCUT2D eigenvalue weighted by Gasteiger charge is -2.35. The number of unbranched alkanes of at least 4 members (excludes halogenated alkanes) is 5. The summed E-state index contributed by atoms with van der Waals surface area (Å²) in [6, 6.07) is 8.35. The maximum absolute atomic E-state index is 14.5. The Kier molecular flexibility index (Phi) is 15.4. The summed E-state index contributed by atoms with van der Waals surface area (Å²) in [5, 5.41) is 17.3. The van der Waals surface area contributed by atoms with Crippen LogP contribution in [0, 0.1) is 13.8 Å². The molecule has 0 bridgehead atoms. The Bertz CT molecular complexity index is 1230. The number of hydrogen-bond acceptors (Lipinski definition) is 6. The number of carbonyl (C=O) groups is 3. The number of anilines is 1. The molecule has 0 aliphatic carbocycles. The molecule has 2 unspecified atom stereocenters. The lowest BCUT2D eigenvalue weighted by Crippen LogP contribution is -2.53. The van der Waals surface area contributed by atoms with E-state index in [2.05, 4.69) is 17.6 Å². The number of amides is 3. The molecular weight excluding hydrogens is 598 g/mol. The summed E-state index contributed by atoms with van der Waals surface area (Å²) in [7, 11) is 0. The van der Waals surface area contributed by atoms with E-state index in [1.165, 1.54) is 4.90 Å². The summed E-state index contributed by atoms with van der Waals surface area (Å²) < 4.78 is 5.49. The fourth-order valence-corrected chi connectivity index (χ4v) is 5.65. The molecule has 244 valence electrons. The van der Waals surface area contributed by atoms with Crippen LogP contribution in [0.3, 0.4) is 0 Å². The Balaban J connectivity index is 2.60. The van der Waals surface area contributed by atoms with Crippen molar-refractivity contribution in [1.29, 1.82) is 0 Å². The Morgan fingerprint density at radius 1 is 1.00 bits per heavy atom.